The SMILES string of the molecule is COc1ccc(COC(=O)[C@H](CCC(=O)OC2CCCCC2)NC(=O)OC(C)(C)C)cc1. The van der Waals surface area contributed by atoms with Crippen LogP contribution in [0.4, 0.5) is 4.79 Å². The van der Waals surface area contributed by atoms with Crippen molar-refractivity contribution in [3.63, 3.8) is 0 Å². The van der Waals surface area contributed by atoms with Gasteiger partial charge in [0.15, 0.2) is 0 Å². The third kappa shape index (κ3) is 9.58. The summed E-state index contributed by atoms with van der Waals surface area (Å²) >= 11 is 0. The van der Waals surface area contributed by atoms with Gasteiger partial charge in [0.25, 0.3) is 0 Å². The van der Waals surface area contributed by atoms with E-state index < -0.39 is 23.7 Å². The fraction of sp³-hybridized carbons (Fsp3) is 0.625. The molecule has 1 amide bonds. The zero-order valence-electron chi connectivity index (χ0n) is 19.5. The molecular formula is C24H35NO7. The Labute approximate surface area is 189 Å². The summed E-state index contributed by atoms with van der Waals surface area (Å²) in [5.74, 6) is -0.325. The van der Waals surface area contributed by atoms with Crippen molar-refractivity contribution < 1.29 is 33.3 Å². The highest BCUT2D eigenvalue weighted by molar-refractivity contribution is 5.82. The Morgan fingerprint density at radius 2 is 1.72 bits per heavy atom. The largest absolute Gasteiger partial charge is 0.497 e. The highest BCUT2D eigenvalue weighted by Crippen LogP contribution is 2.21. The summed E-state index contributed by atoms with van der Waals surface area (Å²) in [5, 5.41) is 2.52. The predicted molar refractivity (Wildman–Crippen MR) is 118 cm³/mol. The predicted octanol–water partition coefficient (Wildman–Crippen LogP) is 4.29. The van der Waals surface area contributed by atoms with E-state index in [4.69, 9.17) is 18.9 Å². The number of hydrogen-bond acceptors (Lipinski definition) is 7. The van der Waals surface area contributed by atoms with Gasteiger partial charge in [-0.15, -0.1) is 0 Å². The van der Waals surface area contributed by atoms with Crippen molar-refractivity contribution in [3.05, 3.63) is 29.8 Å². The highest BCUT2D eigenvalue weighted by Gasteiger charge is 2.27. The van der Waals surface area contributed by atoms with Crippen LogP contribution in [0.2, 0.25) is 0 Å². The molecule has 32 heavy (non-hydrogen) atoms. The van der Waals surface area contributed by atoms with Crippen LogP contribution in [0.5, 0.6) is 5.75 Å². The Balaban J connectivity index is 1.92. The summed E-state index contributed by atoms with van der Waals surface area (Å²) < 4.78 is 21.2. The maximum absolute atomic E-state index is 12.7. The van der Waals surface area contributed by atoms with E-state index in [9.17, 15) is 14.4 Å². The molecule has 0 spiro atoms. The van der Waals surface area contributed by atoms with Gasteiger partial charge in [-0.25, -0.2) is 9.59 Å². The van der Waals surface area contributed by atoms with Gasteiger partial charge in [-0.2, -0.15) is 0 Å². The van der Waals surface area contributed by atoms with Crippen LogP contribution in [0.1, 0.15) is 71.3 Å². The zero-order valence-corrected chi connectivity index (χ0v) is 19.5. The van der Waals surface area contributed by atoms with Gasteiger partial charge in [-0.3, -0.25) is 4.79 Å². The minimum absolute atomic E-state index is 0.00536. The lowest BCUT2D eigenvalue weighted by atomic mass is 9.98. The molecule has 1 saturated carbocycles. The first-order chi connectivity index (χ1) is 15.2. The lowest BCUT2D eigenvalue weighted by Gasteiger charge is -2.24. The van der Waals surface area contributed by atoms with Crippen LogP contribution in [0, 0.1) is 0 Å². The average Bonchev–Trinajstić information content (AvgIpc) is 2.74. The van der Waals surface area contributed by atoms with Crippen molar-refractivity contribution in [1.29, 1.82) is 0 Å². The number of amides is 1. The van der Waals surface area contributed by atoms with Crippen molar-refractivity contribution in [2.45, 2.75) is 90.1 Å². The van der Waals surface area contributed by atoms with Gasteiger partial charge in [-0.05, 0) is 70.6 Å². The second-order valence-corrected chi connectivity index (χ2v) is 8.94. The van der Waals surface area contributed by atoms with Crippen molar-refractivity contribution in [3.8, 4) is 5.75 Å². The molecule has 8 heteroatoms. The zero-order chi connectivity index (χ0) is 23.6. The Kier molecular flexibility index (Phi) is 9.81. The molecule has 0 saturated heterocycles. The Morgan fingerprint density at radius 1 is 1.06 bits per heavy atom. The van der Waals surface area contributed by atoms with Crippen molar-refractivity contribution in [1.82, 2.24) is 5.32 Å². The third-order valence-electron chi connectivity index (χ3n) is 5.00. The number of rotatable bonds is 9. The number of methoxy groups -OCH3 is 1. The van der Waals surface area contributed by atoms with Crippen LogP contribution in [0.3, 0.4) is 0 Å². The molecule has 0 bridgehead atoms. The van der Waals surface area contributed by atoms with Crippen LogP contribution < -0.4 is 10.1 Å². The number of carbonyl (C=O) groups is 3. The van der Waals surface area contributed by atoms with E-state index in [1.165, 1.54) is 0 Å². The minimum Gasteiger partial charge on any atom is -0.497 e. The summed E-state index contributed by atoms with van der Waals surface area (Å²) in [6.07, 6.45) is 4.26. The minimum atomic E-state index is -1.03. The Bertz CT molecular complexity index is 749. The van der Waals surface area contributed by atoms with E-state index in [1.54, 1.807) is 52.1 Å². The van der Waals surface area contributed by atoms with Gasteiger partial charge < -0.3 is 24.3 Å². The topological polar surface area (TPSA) is 100 Å². The molecule has 1 aliphatic carbocycles. The van der Waals surface area contributed by atoms with E-state index in [2.05, 4.69) is 5.32 Å². The van der Waals surface area contributed by atoms with E-state index in [1.807, 2.05) is 0 Å². The summed E-state index contributed by atoms with van der Waals surface area (Å²) in [5.41, 5.74) is 0.0496. The van der Waals surface area contributed by atoms with Gasteiger partial charge in [0.05, 0.1) is 7.11 Å². The third-order valence-corrected chi connectivity index (χ3v) is 5.00. The molecule has 0 unspecified atom stereocenters. The molecule has 178 valence electrons. The van der Waals surface area contributed by atoms with Gasteiger partial charge in [-0.1, -0.05) is 18.6 Å². The molecule has 0 heterocycles. The lowest BCUT2D eigenvalue weighted by molar-refractivity contribution is -0.152. The smallest absolute Gasteiger partial charge is 0.408 e. The molecule has 0 aromatic heterocycles. The van der Waals surface area contributed by atoms with Crippen molar-refractivity contribution in [2.24, 2.45) is 0 Å². The van der Waals surface area contributed by atoms with Crippen molar-refractivity contribution in [2.75, 3.05) is 7.11 Å². The van der Waals surface area contributed by atoms with Gasteiger partial charge >= 0.3 is 18.0 Å². The van der Waals surface area contributed by atoms with E-state index in [0.29, 0.717) is 5.75 Å². The number of ether oxygens (including phenoxy) is 4. The summed E-state index contributed by atoms with van der Waals surface area (Å²) in [6.45, 7) is 5.21. The fourth-order valence-corrected chi connectivity index (χ4v) is 3.37. The standard InChI is InChI=1S/C24H35NO7/c1-24(2,3)32-23(28)25-20(14-15-21(26)31-19-8-6-5-7-9-19)22(27)30-16-17-10-12-18(29-4)13-11-17/h10-13,19-20H,5-9,14-16H2,1-4H3,(H,25,28)/t20-/m0/s1. The molecule has 0 radical (unpaired) electrons. The molecule has 1 aromatic carbocycles. The molecule has 8 nitrogen and oxygen atoms in total. The summed E-state index contributed by atoms with van der Waals surface area (Å²) in [6, 6.07) is 6.07. The number of nitrogens with one attached hydrogen (secondary N) is 1. The molecule has 1 N–H and O–H groups in total. The second kappa shape index (κ2) is 12.3. The van der Waals surface area contributed by atoms with Crippen LogP contribution in [0.15, 0.2) is 24.3 Å². The van der Waals surface area contributed by atoms with Gasteiger partial charge in [0.1, 0.15) is 30.1 Å². The number of esters is 2. The van der Waals surface area contributed by atoms with E-state index >= 15 is 0 Å². The summed E-state index contributed by atoms with van der Waals surface area (Å²) in [7, 11) is 1.57. The molecule has 0 aliphatic heterocycles. The van der Waals surface area contributed by atoms with Crippen LogP contribution >= 0.6 is 0 Å². The van der Waals surface area contributed by atoms with Gasteiger partial charge in [0, 0.05) is 6.42 Å². The number of carbonyl (C=O) groups excluding carboxylic acids is 3. The summed E-state index contributed by atoms with van der Waals surface area (Å²) in [4.78, 5) is 37.1. The van der Waals surface area contributed by atoms with Crippen LogP contribution in [-0.4, -0.2) is 42.9 Å². The lowest BCUT2D eigenvalue weighted by Crippen LogP contribution is -2.44. The monoisotopic (exact) mass is 449 g/mol. The number of benzene rings is 1. The normalized spacial score (nSPS) is 15.4. The van der Waals surface area contributed by atoms with Crippen LogP contribution in [-0.2, 0) is 30.4 Å². The number of hydrogen-bond donors (Lipinski definition) is 1. The first kappa shape index (κ1) is 25.5. The Hall–Kier alpha value is -2.77. The highest BCUT2D eigenvalue weighted by atomic mass is 16.6. The average molecular weight is 450 g/mol. The first-order valence-electron chi connectivity index (χ1n) is 11.1. The second-order valence-electron chi connectivity index (χ2n) is 8.94. The van der Waals surface area contributed by atoms with Crippen molar-refractivity contribution >= 4 is 18.0 Å². The number of alkyl carbamates (subject to hydrolysis) is 1. The van der Waals surface area contributed by atoms with Crippen LogP contribution in [0.25, 0.3) is 0 Å². The van der Waals surface area contributed by atoms with E-state index in [-0.39, 0.29) is 31.5 Å². The molecule has 1 atom stereocenters. The molecule has 1 aliphatic rings. The molecule has 1 fully saturated rings. The molecule has 1 aromatic rings. The maximum Gasteiger partial charge on any atom is 0.408 e. The molecule has 2 rings (SSSR count). The molecular weight excluding hydrogens is 414 g/mol. The van der Waals surface area contributed by atoms with E-state index in [0.717, 1.165) is 37.7 Å². The Morgan fingerprint density at radius 3 is 2.31 bits per heavy atom. The van der Waals surface area contributed by atoms with Gasteiger partial charge in [0.2, 0.25) is 0 Å². The first-order valence-corrected chi connectivity index (χ1v) is 11.1. The quantitative estimate of drug-likeness (QED) is 0.443. The maximum atomic E-state index is 12.7. The fourth-order valence-electron chi connectivity index (χ4n) is 3.37.